The van der Waals surface area contributed by atoms with Crippen molar-refractivity contribution in [2.24, 2.45) is 15.0 Å². The van der Waals surface area contributed by atoms with Gasteiger partial charge in [-0.2, -0.15) is 0 Å². The topological polar surface area (TPSA) is 206 Å². The summed E-state index contributed by atoms with van der Waals surface area (Å²) in [7, 11) is 10.5. The molecular weight excluding hydrogens is 1220 g/mol. The van der Waals surface area contributed by atoms with Crippen molar-refractivity contribution in [3.63, 3.8) is 0 Å². The Kier molecular flexibility index (Phi) is 17.2. The number of rotatable bonds is 15. The van der Waals surface area contributed by atoms with Crippen LogP contribution in [0, 0.1) is 0 Å². The van der Waals surface area contributed by atoms with Gasteiger partial charge in [0.25, 0.3) is 0 Å². The molecule has 3 aliphatic carbocycles. The molecular formula is C63H63Cl3N12O6S3. The zero-order chi connectivity index (χ0) is 60.0. The maximum Gasteiger partial charge on any atom is 0.142 e. The number of nitrogens with one attached hydrogen (secondary N) is 3. The largest absolute Gasteiger partial charge is 0.382 e. The summed E-state index contributed by atoms with van der Waals surface area (Å²) in [6, 6.07) is 12.0. The van der Waals surface area contributed by atoms with Gasteiger partial charge in [-0.1, -0.05) is 34.8 Å². The second-order valence-corrected chi connectivity index (χ2v) is 27.1. The van der Waals surface area contributed by atoms with Crippen LogP contribution in [-0.2, 0) is 86.6 Å². The Morgan fingerprint density at radius 2 is 0.724 bits per heavy atom. The number of aliphatic imine (C=N–C) groups is 3. The molecule has 0 radical (unpaired) electrons. The molecule has 3 aromatic carbocycles. The number of benzene rings is 3. The molecule has 0 amide bonds. The lowest BCUT2D eigenvalue weighted by Crippen LogP contribution is -2.41. The van der Waals surface area contributed by atoms with E-state index in [9.17, 15) is 0 Å². The molecule has 3 N–H and O–H groups in total. The van der Waals surface area contributed by atoms with Gasteiger partial charge in [-0.3, -0.25) is 15.0 Å². The van der Waals surface area contributed by atoms with Gasteiger partial charge in [0, 0.05) is 95.2 Å². The van der Waals surface area contributed by atoms with Gasteiger partial charge < -0.3 is 44.4 Å². The molecule has 9 heterocycles. The molecule has 0 saturated carbocycles. The molecule has 0 fully saturated rings. The lowest BCUT2D eigenvalue weighted by molar-refractivity contribution is -0.0715. The summed E-state index contributed by atoms with van der Waals surface area (Å²) in [5.41, 5.74) is 12.3. The van der Waals surface area contributed by atoms with Crippen LogP contribution in [0.25, 0.3) is 30.6 Å². The zero-order valence-electron chi connectivity index (χ0n) is 48.9. The SMILES string of the molecule is COCC1(OC)CCc2c(sc3ncnc(Nc4cc5c(cc4Cl)CN=C5)c23)C1.COC[C@@]1(OC)CCc2c(sc3ncnc(Nc4cc5c(cc4Cl)CN=C5)c23)C1.COC[C@]1(OC)CCc2c(sc3ncnc(Nc4cc5c(cc4Cl)CN=C5)c23)C1. The maximum absolute atomic E-state index is 6.53. The lowest BCUT2D eigenvalue weighted by atomic mass is 9.84. The number of fused-ring (bicyclic) bond motifs is 12. The van der Waals surface area contributed by atoms with Crippen LogP contribution in [0.5, 0.6) is 0 Å². The number of aryl methyl sites for hydroxylation is 3. The number of anilines is 6. The third kappa shape index (κ3) is 11.6. The second kappa shape index (κ2) is 25.0. The van der Waals surface area contributed by atoms with E-state index in [1.54, 1.807) is 95.7 Å². The van der Waals surface area contributed by atoms with Crippen LogP contribution in [-0.4, -0.2) is 128 Å². The Hall–Kier alpha value is -6.18. The summed E-state index contributed by atoms with van der Waals surface area (Å²) in [5.74, 6) is 2.38. The van der Waals surface area contributed by atoms with Crippen molar-refractivity contribution in [2.45, 2.75) is 94.2 Å². The Labute approximate surface area is 530 Å². The van der Waals surface area contributed by atoms with Crippen molar-refractivity contribution in [1.29, 1.82) is 0 Å². The van der Waals surface area contributed by atoms with Gasteiger partial charge >= 0.3 is 0 Å². The Morgan fingerprint density at radius 3 is 1.00 bits per heavy atom. The molecule has 15 rings (SSSR count). The van der Waals surface area contributed by atoms with Gasteiger partial charge in [-0.05, 0) is 125 Å². The molecule has 0 bridgehead atoms. The predicted molar refractivity (Wildman–Crippen MR) is 351 cm³/mol. The summed E-state index contributed by atoms with van der Waals surface area (Å²) < 4.78 is 33.9. The minimum Gasteiger partial charge on any atom is -0.382 e. The first kappa shape index (κ1) is 59.8. The monoisotopic (exact) mass is 1280 g/mol. The first-order valence-corrected chi connectivity index (χ1v) is 32.1. The molecule has 6 aromatic heterocycles. The molecule has 0 spiro atoms. The van der Waals surface area contributed by atoms with Crippen LogP contribution in [0.15, 0.2) is 70.4 Å². The fraction of sp³-hybridized carbons (Fsp3) is 0.381. The molecule has 450 valence electrons. The molecule has 6 aliphatic rings. The highest BCUT2D eigenvalue weighted by atomic mass is 35.5. The van der Waals surface area contributed by atoms with E-state index in [0.717, 1.165) is 156 Å². The summed E-state index contributed by atoms with van der Waals surface area (Å²) in [6.45, 7) is 3.82. The van der Waals surface area contributed by atoms with Crippen LogP contribution in [0.3, 0.4) is 0 Å². The number of hydrogen-bond donors (Lipinski definition) is 3. The molecule has 87 heavy (non-hydrogen) atoms. The van der Waals surface area contributed by atoms with E-state index < -0.39 is 0 Å². The predicted octanol–water partition coefficient (Wildman–Crippen LogP) is 13.6. The summed E-state index contributed by atoms with van der Waals surface area (Å²) in [5, 5.41) is 15.6. The number of nitrogens with zero attached hydrogens (tertiary/aromatic N) is 9. The van der Waals surface area contributed by atoms with Gasteiger partial charge in [0.1, 0.15) is 50.9 Å². The lowest BCUT2D eigenvalue weighted by Gasteiger charge is -2.35. The summed E-state index contributed by atoms with van der Waals surface area (Å²) in [6.07, 6.45) is 18.4. The van der Waals surface area contributed by atoms with Crippen LogP contribution in [0.1, 0.15) is 84.0 Å². The number of hydrogen-bond acceptors (Lipinski definition) is 21. The minimum absolute atomic E-state index is 0.272. The molecule has 24 heteroatoms. The van der Waals surface area contributed by atoms with E-state index in [4.69, 9.17) is 63.2 Å². The highest BCUT2D eigenvalue weighted by molar-refractivity contribution is 7.19. The first-order chi connectivity index (χ1) is 42.4. The molecule has 0 saturated heterocycles. The second-order valence-electron chi connectivity index (χ2n) is 22.6. The van der Waals surface area contributed by atoms with Crippen molar-refractivity contribution in [1.82, 2.24) is 29.9 Å². The third-order valence-corrected chi connectivity index (χ3v) is 21.8. The average molecular weight is 1290 g/mol. The van der Waals surface area contributed by atoms with Crippen LogP contribution >= 0.6 is 68.8 Å². The van der Waals surface area contributed by atoms with Crippen molar-refractivity contribution < 1.29 is 28.4 Å². The van der Waals surface area contributed by atoms with Crippen molar-refractivity contribution in [3.8, 4) is 0 Å². The highest BCUT2D eigenvalue weighted by Gasteiger charge is 2.40. The van der Waals surface area contributed by atoms with E-state index in [-0.39, 0.29) is 16.8 Å². The fourth-order valence-electron chi connectivity index (χ4n) is 12.7. The van der Waals surface area contributed by atoms with Crippen LogP contribution < -0.4 is 16.0 Å². The zero-order valence-corrected chi connectivity index (χ0v) is 53.6. The molecule has 1 unspecified atom stereocenters. The quantitative estimate of drug-likeness (QED) is 0.0873. The van der Waals surface area contributed by atoms with Crippen molar-refractivity contribution >= 4 is 153 Å². The van der Waals surface area contributed by atoms with Gasteiger partial charge in [0.15, 0.2) is 0 Å². The first-order valence-electron chi connectivity index (χ1n) is 28.5. The van der Waals surface area contributed by atoms with Crippen molar-refractivity contribution in [2.75, 3.05) is 78.4 Å². The molecule has 18 nitrogen and oxygen atoms in total. The van der Waals surface area contributed by atoms with Gasteiger partial charge in [-0.25, -0.2) is 29.9 Å². The highest BCUT2D eigenvalue weighted by Crippen LogP contribution is 2.47. The van der Waals surface area contributed by atoms with Gasteiger partial charge in [0.2, 0.25) is 0 Å². The minimum atomic E-state index is -0.272. The Balaban J connectivity index is 0.000000121. The number of methoxy groups -OCH3 is 6. The number of ether oxygens (including phenoxy) is 6. The fourth-order valence-corrected chi connectivity index (χ4v) is 17.4. The van der Waals surface area contributed by atoms with Gasteiger partial charge in [-0.15, -0.1) is 34.0 Å². The molecule has 3 atom stereocenters. The van der Waals surface area contributed by atoms with E-state index in [1.807, 2.05) is 55.0 Å². The summed E-state index contributed by atoms with van der Waals surface area (Å²) in [4.78, 5) is 47.0. The van der Waals surface area contributed by atoms with E-state index in [0.29, 0.717) is 54.5 Å². The average Bonchev–Trinajstić information content (AvgIpc) is 1.79. The summed E-state index contributed by atoms with van der Waals surface area (Å²) >= 11 is 24.7. The number of aromatic nitrogens is 6. The van der Waals surface area contributed by atoms with E-state index in [2.05, 4.69) is 60.8 Å². The number of thiophene rings is 3. The van der Waals surface area contributed by atoms with E-state index in [1.165, 1.54) is 31.3 Å². The standard InChI is InChI=1S/3C21H21ClN4O2S/c3*1-27-10-21(28-2)4-3-14-17(7-21)29-20-18(14)19(24-11-25-20)26-16-6-13-9-23-8-12(13)5-15(16)22/h3*5-6,9,11H,3-4,7-8,10H2,1-2H3,(H,24,25,26)/t2*21-;/m10./s1. The maximum atomic E-state index is 6.53. The Morgan fingerprint density at radius 1 is 0.425 bits per heavy atom. The van der Waals surface area contributed by atoms with Crippen LogP contribution in [0.4, 0.5) is 34.5 Å². The third-order valence-electron chi connectivity index (χ3n) is 17.4. The normalized spacial score (nSPS) is 20.1. The van der Waals surface area contributed by atoms with E-state index >= 15 is 0 Å². The smallest absolute Gasteiger partial charge is 0.142 e. The van der Waals surface area contributed by atoms with Crippen molar-refractivity contribution in [3.05, 3.63) is 135 Å². The Bertz CT molecular complexity index is 3810. The van der Waals surface area contributed by atoms with Crippen LogP contribution in [0.2, 0.25) is 15.1 Å². The number of halogens is 3. The molecule has 9 aromatic rings. The molecule has 3 aliphatic heterocycles. The van der Waals surface area contributed by atoms with Gasteiger partial charge in [0.05, 0.1) is 105 Å².